The molecule has 0 spiro atoms. The number of hydrogen-bond acceptors (Lipinski definition) is 1. The fraction of sp³-hybridized carbons (Fsp3) is 0.538. The molecule has 0 aliphatic heterocycles. The highest BCUT2D eigenvalue weighted by Crippen LogP contribution is 2.61. The number of nitrogens with one attached hydrogen (secondary N) is 1. The molecular formula is C26H33N2O+. The largest absolute Gasteiger partial charge is 0.348 e. The Morgan fingerprint density at radius 2 is 1.52 bits per heavy atom. The fourth-order valence-electron chi connectivity index (χ4n) is 6.86. The van der Waals surface area contributed by atoms with Crippen LogP contribution in [0.1, 0.15) is 56.6 Å². The molecule has 152 valence electrons. The molecule has 1 N–H and O–H groups in total. The third-order valence-corrected chi connectivity index (χ3v) is 7.92. The Morgan fingerprint density at radius 1 is 0.966 bits per heavy atom. The molecule has 6 rings (SSSR count). The van der Waals surface area contributed by atoms with Gasteiger partial charge in [0.1, 0.15) is 0 Å². The van der Waals surface area contributed by atoms with Gasteiger partial charge < -0.3 is 5.32 Å². The van der Waals surface area contributed by atoms with E-state index in [1.165, 1.54) is 49.7 Å². The van der Waals surface area contributed by atoms with Crippen LogP contribution >= 0.6 is 0 Å². The second-order valence-corrected chi connectivity index (χ2v) is 10.1. The summed E-state index contributed by atoms with van der Waals surface area (Å²) in [6.07, 6.45) is 13.4. The molecule has 4 aliphatic carbocycles. The molecule has 1 aromatic heterocycles. The minimum absolute atomic E-state index is 0.147. The zero-order chi connectivity index (χ0) is 19.8. The van der Waals surface area contributed by atoms with E-state index in [9.17, 15) is 4.79 Å². The van der Waals surface area contributed by atoms with Crippen molar-refractivity contribution in [1.29, 1.82) is 0 Å². The van der Waals surface area contributed by atoms with Gasteiger partial charge in [-0.25, -0.2) is 0 Å². The average Bonchev–Trinajstić information content (AvgIpc) is 2.69. The van der Waals surface area contributed by atoms with E-state index < -0.39 is 0 Å². The predicted octanol–water partition coefficient (Wildman–Crippen LogP) is 4.29. The molecule has 0 saturated heterocycles. The lowest BCUT2D eigenvalue weighted by molar-refractivity contribution is -0.684. The number of benzene rings is 1. The van der Waals surface area contributed by atoms with Gasteiger partial charge in [0.15, 0.2) is 12.4 Å². The highest BCUT2D eigenvalue weighted by Gasteiger charge is 2.53. The first kappa shape index (κ1) is 18.8. The summed E-state index contributed by atoms with van der Waals surface area (Å²) < 4.78 is 2.00. The molecule has 1 heterocycles. The lowest BCUT2D eigenvalue weighted by Crippen LogP contribution is -2.57. The molecule has 0 unspecified atom stereocenters. The summed E-state index contributed by atoms with van der Waals surface area (Å²) in [5.41, 5.74) is 2.96. The second-order valence-electron chi connectivity index (χ2n) is 10.1. The Balaban J connectivity index is 1.18. The molecule has 29 heavy (non-hydrogen) atoms. The van der Waals surface area contributed by atoms with Gasteiger partial charge in [-0.15, -0.1) is 0 Å². The highest BCUT2D eigenvalue weighted by atomic mass is 16.2. The van der Waals surface area contributed by atoms with Crippen molar-refractivity contribution >= 4 is 5.91 Å². The van der Waals surface area contributed by atoms with Crippen molar-refractivity contribution in [3.8, 4) is 0 Å². The Bertz CT molecular complexity index is 823. The molecule has 4 aliphatic rings. The first-order chi connectivity index (χ1) is 14.1. The zero-order valence-electron chi connectivity index (χ0n) is 17.5. The summed E-state index contributed by atoms with van der Waals surface area (Å²) in [6.45, 7) is 2.67. The molecule has 0 radical (unpaired) electrons. The van der Waals surface area contributed by atoms with Crippen molar-refractivity contribution in [3.63, 3.8) is 0 Å². The maximum atomic E-state index is 12.8. The number of carbonyl (C=O) groups excluding carboxylic acids is 1. The molecule has 4 bridgehead atoms. The van der Waals surface area contributed by atoms with Gasteiger partial charge in [0, 0.05) is 18.2 Å². The third kappa shape index (κ3) is 3.97. The van der Waals surface area contributed by atoms with Crippen LogP contribution in [0.3, 0.4) is 0 Å². The van der Waals surface area contributed by atoms with Crippen LogP contribution in [0.5, 0.6) is 0 Å². The molecule has 1 atom stereocenters. The van der Waals surface area contributed by atoms with Crippen LogP contribution < -0.4 is 9.88 Å². The summed E-state index contributed by atoms with van der Waals surface area (Å²) in [5.74, 6) is 2.92. The summed E-state index contributed by atoms with van der Waals surface area (Å²) in [5, 5.41) is 3.38. The monoisotopic (exact) mass is 389 g/mol. The summed E-state index contributed by atoms with van der Waals surface area (Å²) >= 11 is 0. The molecule has 4 fully saturated rings. The maximum absolute atomic E-state index is 12.8. The Morgan fingerprint density at radius 3 is 2.10 bits per heavy atom. The Kier molecular flexibility index (Phi) is 4.93. The normalized spacial score (nSPS) is 30.9. The van der Waals surface area contributed by atoms with Crippen molar-refractivity contribution in [2.75, 3.05) is 0 Å². The van der Waals surface area contributed by atoms with E-state index in [2.05, 4.69) is 48.6 Å². The average molecular weight is 390 g/mol. The minimum Gasteiger partial charge on any atom is -0.348 e. The van der Waals surface area contributed by atoms with E-state index in [4.69, 9.17) is 0 Å². The van der Waals surface area contributed by atoms with Crippen LogP contribution in [0.25, 0.3) is 0 Å². The summed E-state index contributed by atoms with van der Waals surface area (Å²) in [7, 11) is 0. The summed E-state index contributed by atoms with van der Waals surface area (Å²) in [6, 6.07) is 15.1. The van der Waals surface area contributed by atoms with Gasteiger partial charge in [-0.05, 0) is 86.2 Å². The van der Waals surface area contributed by atoms with Crippen LogP contribution in [0.15, 0.2) is 54.9 Å². The molecule has 4 saturated carbocycles. The van der Waals surface area contributed by atoms with E-state index in [1.807, 2.05) is 23.0 Å². The van der Waals surface area contributed by atoms with Crippen LogP contribution in [-0.2, 0) is 17.8 Å². The van der Waals surface area contributed by atoms with E-state index in [-0.39, 0.29) is 5.91 Å². The molecule has 1 aromatic carbocycles. The second kappa shape index (κ2) is 7.59. The van der Waals surface area contributed by atoms with Gasteiger partial charge in [0.05, 0.1) is 0 Å². The van der Waals surface area contributed by atoms with Crippen LogP contribution in [0.4, 0.5) is 0 Å². The molecular weight excluding hydrogens is 356 g/mol. The van der Waals surface area contributed by atoms with Crippen molar-refractivity contribution < 1.29 is 9.36 Å². The lowest BCUT2D eigenvalue weighted by Gasteiger charge is -2.59. The van der Waals surface area contributed by atoms with Crippen molar-refractivity contribution in [2.45, 2.75) is 64.5 Å². The summed E-state index contributed by atoms with van der Waals surface area (Å²) in [4.78, 5) is 12.8. The number of amides is 1. The van der Waals surface area contributed by atoms with Crippen LogP contribution in [0, 0.1) is 23.2 Å². The Labute approximate surface area is 174 Å². The van der Waals surface area contributed by atoms with Crippen molar-refractivity contribution in [3.05, 3.63) is 66.0 Å². The van der Waals surface area contributed by atoms with Crippen LogP contribution in [-0.4, -0.2) is 11.9 Å². The third-order valence-electron chi connectivity index (χ3n) is 7.92. The standard InChI is InChI=1S/C26H32N2O/c1-19(26-15-22-12-23(16-26)14-24(13-22)17-26)27-25(29)18-28-9-7-21(8-10-28)11-20-5-3-2-4-6-20/h2-10,19,22-24H,11-18H2,1H3/p+1/t19-,22?,23?,24?,26?/m0/s1. The SMILES string of the molecule is C[C@H](NC(=O)C[n+]1ccc(Cc2ccccc2)cc1)C12CC3CC(CC(C3)C1)C2. The van der Waals surface area contributed by atoms with E-state index in [0.717, 1.165) is 24.2 Å². The van der Waals surface area contributed by atoms with E-state index in [0.29, 0.717) is 18.0 Å². The Hall–Kier alpha value is -2.16. The number of carbonyl (C=O) groups is 1. The number of rotatable bonds is 6. The van der Waals surface area contributed by atoms with Crippen LogP contribution in [0.2, 0.25) is 0 Å². The van der Waals surface area contributed by atoms with Crippen molar-refractivity contribution in [2.24, 2.45) is 23.2 Å². The topological polar surface area (TPSA) is 33.0 Å². The van der Waals surface area contributed by atoms with E-state index >= 15 is 0 Å². The molecule has 2 aromatic rings. The zero-order valence-corrected chi connectivity index (χ0v) is 17.5. The molecule has 1 amide bonds. The smallest absolute Gasteiger partial charge is 0.286 e. The lowest BCUT2D eigenvalue weighted by atomic mass is 9.48. The van der Waals surface area contributed by atoms with Crippen molar-refractivity contribution in [1.82, 2.24) is 5.32 Å². The first-order valence-corrected chi connectivity index (χ1v) is 11.4. The first-order valence-electron chi connectivity index (χ1n) is 11.4. The molecule has 3 nitrogen and oxygen atoms in total. The number of pyridine rings is 1. The number of hydrogen-bond donors (Lipinski definition) is 1. The van der Waals surface area contributed by atoms with E-state index in [1.54, 1.807) is 0 Å². The van der Waals surface area contributed by atoms with Gasteiger partial charge in [-0.1, -0.05) is 30.3 Å². The van der Waals surface area contributed by atoms with Gasteiger partial charge in [0.25, 0.3) is 5.91 Å². The van der Waals surface area contributed by atoms with Gasteiger partial charge in [-0.2, -0.15) is 4.57 Å². The predicted molar refractivity (Wildman–Crippen MR) is 114 cm³/mol. The quantitative estimate of drug-likeness (QED) is 0.735. The van der Waals surface area contributed by atoms with Gasteiger partial charge >= 0.3 is 0 Å². The number of aromatic nitrogens is 1. The fourth-order valence-corrected chi connectivity index (χ4v) is 6.86. The van der Waals surface area contributed by atoms with Gasteiger partial charge in [0.2, 0.25) is 6.54 Å². The molecule has 3 heteroatoms. The minimum atomic E-state index is 0.147. The number of nitrogens with zero attached hydrogens (tertiary/aromatic N) is 1. The maximum Gasteiger partial charge on any atom is 0.286 e. The highest BCUT2D eigenvalue weighted by molar-refractivity contribution is 5.74. The van der Waals surface area contributed by atoms with Gasteiger partial charge in [-0.3, -0.25) is 4.79 Å².